The fraction of sp³-hybridized carbons (Fsp3) is 0.457. The molecular formula is C46H52N14O7. The molecule has 6 aliphatic rings. The van der Waals surface area contributed by atoms with Crippen molar-refractivity contribution in [1.82, 2.24) is 54.7 Å². The van der Waals surface area contributed by atoms with E-state index in [0.29, 0.717) is 60.4 Å². The Morgan fingerprint density at radius 1 is 0.910 bits per heavy atom. The second kappa shape index (κ2) is 16.2. The SMILES string of the molecule is CNc1cc(Nc2cccn(-c3cc4n(n3)CC3(CC3)N(C(=O)N3CC5(CCN(c6ccc(C(=O)NC7CCC(=O)NC7=O)cc6)CC5)C3)C4)c2=O)nc2c(C(=O)N[C@@H]3CC[C@H]3OC)cnn12. The molecule has 4 aromatic heterocycles. The van der Waals surface area contributed by atoms with Gasteiger partial charge in [-0.2, -0.15) is 14.7 Å². The Hall–Kier alpha value is -7.29. The van der Waals surface area contributed by atoms with Crippen molar-refractivity contribution in [2.75, 3.05) is 55.9 Å². The van der Waals surface area contributed by atoms with Gasteiger partial charge in [0.2, 0.25) is 11.8 Å². The number of likely N-dealkylation sites (tertiary alicyclic amines) is 1. The van der Waals surface area contributed by atoms with Gasteiger partial charge in [0.15, 0.2) is 11.5 Å². The molecule has 3 atom stereocenters. The molecule has 2 aliphatic carbocycles. The number of methoxy groups -OCH3 is 1. The first-order chi connectivity index (χ1) is 32.4. The summed E-state index contributed by atoms with van der Waals surface area (Å²) < 4.78 is 10.4. The molecule has 3 saturated heterocycles. The lowest BCUT2D eigenvalue weighted by molar-refractivity contribution is -0.134. The molecule has 2 saturated carbocycles. The third-order valence-corrected chi connectivity index (χ3v) is 14.7. The van der Waals surface area contributed by atoms with Crippen molar-refractivity contribution in [1.29, 1.82) is 0 Å². The molecule has 4 aliphatic heterocycles. The predicted octanol–water partition coefficient (Wildman–Crippen LogP) is 2.37. The first kappa shape index (κ1) is 42.4. The maximum Gasteiger partial charge on any atom is 0.320 e. The number of anilines is 4. The van der Waals surface area contributed by atoms with E-state index >= 15 is 0 Å². The number of aromatic nitrogens is 6. The summed E-state index contributed by atoms with van der Waals surface area (Å²) in [4.78, 5) is 89.1. The fourth-order valence-corrected chi connectivity index (χ4v) is 10.3. The van der Waals surface area contributed by atoms with Crippen LogP contribution in [-0.4, -0.2) is 132 Å². The maximum absolute atomic E-state index is 14.2. The highest BCUT2D eigenvalue weighted by molar-refractivity contribution is 6.04. The molecule has 1 unspecified atom stereocenters. The Kier molecular flexibility index (Phi) is 10.3. The second-order valence-corrected chi connectivity index (χ2v) is 18.8. The van der Waals surface area contributed by atoms with Crippen molar-refractivity contribution >= 4 is 58.3 Å². The maximum atomic E-state index is 14.2. The van der Waals surface area contributed by atoms with E-state index in [-0.39, 0.29) is 70.9 Å². The molecule has 21 heteroatoms. The topological polar surface area (TPSA) is 234 Å². The van der Waals surface area contributed by atoms with Gasteiger partial charge in [-0.25, -0.2) is 9.78 Å². The number of amides is 6. The third kappa shape index (κ3) is 7.59. The second-order valence-electron chi connectivity index (χ2n) is 18.8. The minimum atomic E-state index is -0.729. The summed E-state index contributed by atoms with van der Waals surface area (Å²) in [7, 11) is 3.38. The van der Waals surface area contributed by atoms with Crippen LogP contribution in [0.15, 0.2) is 65.7 Å². The quantitative estimate of drug-likeness (QED) is 0.127. The van der Waals surface area contributed by atoms with Crippen molar-refractivity contribution in [2.45, 2.75) is 88.2 Å². The number of benzene rings is 1. The van der Waals surface area contributed by atoms with Gasteiger partial charge >= 0.3 is 6.03 Å². The van der Waals surface area contributed by atoms with Gasteiger partial charge in [0, 0.05) is 81.8 Å². The zero-order chi connectivity index (χ0) is 46.2. The Balaban J connectivity index is 0.723. The Morgan fingerprint density at radius 2 is 1.70 bits per heavy atom. The first-order valence-electron chi connectivity index (χ1n) is 22.9. The van der Waals surface area contributed by atoms with Gasteiger partial charge in [-0.1, -0.05) is 0 Å². The molecule has 0 radical (unpaired) electrons. The third-order valence-electron chi connectivity index (χ3n) is 14.7. The first-order valence-corrected chi connectivity index (χ1v) is 22.9. The van der Waals surface area contributed by atoms with E-state index in [1.807, 2.05) is 32.7 Å². The molecule has 67 heavy (non-hydrogen) atoms. The number of piperidine rings is 2. The Labute approximate surface area is 384 Å². The summed E-state index contributed by atoms with van der Waals surface area (Å²) in [6.07, 6.45) is 8.97. The number of carbonyl (C=O) groups excluding carboxylic acids is 5. The van der Waals surface area contributed by atoms with Gasteiger partial charge < -0.3 is 40.7 Å². The Morgan fingerprint density at radius 3 is 2.40 bits per heavy atom. The molecule has 1 aromatic carbocycles. The van der Waals surface area contributed by atoms with Crippen LogP contribution >= 0.6 is 0 Å². The Bertz CT molecular complexity index is 2880. The summed E-state index contributed by atoms with van der Waals surface area (Å²) in [5, 5.41) is 23.6. The molecule has 2 spiro atoms. The number of nitrogens with zero attached hydrogens (tertiary/aromatic N) is 9. The number of hydrogen-bond donors (Lipinski definition) is 5. The van der Waals surface area contributed by atoms with E-state index in [4.69, 9.17) is 14.8 Å². The van der Waals surface area contributed by atoms with E-state index in [9.17, 15) is 28.8 Å². The smallest absolute Gasteiger partial charge is 0.320 e. The number of ether oxygens (including phenoxy) is 1. The monoisotopic (exact) mass is 912 g/mol. The van der Waals surface area contributed by atoms with Crippen molar-refractivity contribution < 1.29 is 28.7 Å². The molecule has 8 heterocycles. The molecule has 5 aromatic rings. The van der Waals surface area contributed by atoms with Crippen LogP contribution in [0.2, 0.25) is 0 Å². The fourth-order valence-electron chi connectivity index (χ4n) is 10.3. The van der Waals surface area contributed by atoms with E-state index in [0.717, 1.165) is 63.0 Å². The lowest BCUT2D eigenvalue weighted by Gasteiger charge is -2.55. The van der Waals surface area contributed by atoms with Crippen LogP contribution in [-0.2, 0) is 27.4 Å². The van der Waals surface area contributed by atoms with Gasteiger partial charge in [-0.3, -0.25) is 38.5 Å². The average Bonchev–Trinajstić information content (AvgIpc) is 3.73. The molecule has 21 nitrogen and oxygen atoms in total. The summed E-state index contributed by atoms with van der Waals surface area (Å²) in [5.41, 5.74) is 2.61. The van der Waals surface area contributed by atoms with Crippen LogP contribution in [0.25, 0.3) is 11.5 Å². The average molecular weight is 913 g/mol. The van der Waals surface area contributed by atoms with Crippen LogP contribution in [0.3, 0.4) is 0 Å². The van der Waals surface area contributed by atoms with Crippen LogP contribution in [0.1, 0.15) is 77.8 Å². The summed E-state index contributed by atoms with van der Waals surface area (Å²) in [6.45, 7) is 4.01. The highest BCUT2D eigenvalue weighted by Crippen LogP contribution is 2.49. The predicted molar refractivity (Wildman–Crippen MR) is 243 cm³/mol. The molecule has 5 N–H and O–H groups in total. The number of rotatable bonds is 10. The van der Waals surface area contributed by atoms with E-state index < -0.39 is 11.9 Å². The lowest BCUT2D eigenvalue weighted by Crippen LogP contribution is -2.65. The molecular weight excluding hydrogens is 861 g/mol. The van der Waals surface area contributed by atoms with E-state index in [2.05, 4.69) is 36.6 Å². The summed E-state index contributed by atoms with van der Waals surface area (Å²) >= 11 is 0. The van der Waals surface area contributed by atoms with Crippen molar-refractivity contribution in [3.05, 3.63) is 88.1 Å². The standard InChI is InChI=1S/C46H52N14O7/c1-47-36-21-35(52-39-30(22-48-60(36)39)41(63)50-31-9-11-34(31)67-2)49-33-4-3-17-57(43(33)65)37-20-29-23-58(46(13-14-46)26-59(29)54-37)44(66)56-24-45(25-56)15-18-55(19-16-45)28-7-5-27(6-8-28)40(62)51-32-10-12-38(61)53-42(32)64/h3-8,17,20-22,31-32,34,47H,9-16,18-19,23-26H2,1-2H3,(H,49,52)(H,50,63)(H,51,62)(H,53,61,64)/t31-,32?,34-/m1/s1. The molecule has 5 fully saturated rings. The van der Waals surface area contributed by atoms with Crippen LogP contribution in [0.5, 0.6) is 0 Å². The molecule has 11 rings (SSSR count). The minimum absolute atomic E-state index is 0.0297. The van der Waals surface area contributed by atoms with Crippen molar-refractivity contribution in [3.8, 4) is 5.82 Å². The van der Waals surface area contributed by atoms with Crippen molar-refractivity contribution in [2.24, 2.45) is 5.41 Å². The molecule has 348 valence electrons. The van der Waals surface area contributed by atoms with Crippen LogP contribution < -0.4 is 37.0 Å². The summed E-state index contributed by atoms with van der Waals surface area (Å²) in [6, 6.07) is 13.6. The van der Waals surface area contributed by atoms with E-state index in [1.54, 1.807) is 55.2 Å². The zero-order valence-electron chi connectivity index (χ0n) is 37.3. The van der Waals surface area contributed by atoms with Gasteiger partial charge in [-0.05, 0) is 81.3 Å². The van der Waals surface area contributed by atoms with Gasteiger partial charge in [0.05, 0.1) is 42.7 Å². The van der Waals surface area contributed by atoms with E-state index in [1.165, 1.54) is 10.8 Å². The molecule has 0 bridgehead atoms. The number of hydrogen-bond acceptors (Lipinski definition) is 13. The lowest BCUT2D eigenvalue weighted by atomic mass is 9.72. The van der Waals surface area contributed by atoms with Gasteiger partial charge in [0.1, 0.15) is 28.9 Å². The minimum Gasteiger partial charge on any atom is -0.379 e. The van der Waals surface area contributed by atoms with Crippen LogP contribution in [0, 0.1) is 5.41 Å². The normalized spacial score (nSPS) is 22.4. The number of imide groups is 1. The zero-order valence-corrected chi connectivity index (χ0v) is 37.3. The highest BCUT2D eigenvalue weighted by Gasteiger charge is 2.56. The van der Waals surface area contributed by atoms with Crippen LogP contribution in [0.4, 0.5) is 27.8 Å². The summed E-state index contributed by atoms with van der Waals surface area (Å²) in [5.74, 6) is -0.111. The van der Waals surface area contributed by atoms with Gasteiger partial charge in [0.25, 0.3) is 17.4 Å². The molecule has 6 amide bonds. The number of fused-ring (bicyclic) bond motifs is 2. The number of pyridine rings is 1. The largest absolute Gasteiger partial charge is 0.379 e. The number of nitrogens with one attached hydrogen (secondary N) is 5. The van der Waals surface area contributed by atoms with Gasteiger partial charge in [-0.15, -0.1) is 0 Å². The number of urea groups is 1. The number of carbonyl (C=O) groups is 5. The highest BCUT2D eigenvalue weighted by atomic mass is 16.5. The van der Waals surface area contributed by atoms with Crippen molar-refractivity contribution in [3.63, 3.8) is 0 Å².